The molecule has 23 heavy (non-hydrogen) atoms. The maximum Gasteiger partial charge on any atom is 0.254 e. The highest BCUT2D eigenvalue weighted by Gasteiger charge is 2.23. The Bertz CT molecular complexity index is 708. The van der Waals surface area contributed by atoms with Crippen molar-refractivity contribution < 1.29 is 14.3 Å². The van der Waals surface area contributed by atoms with Crippen LogP contribution in [0.1, 0.15) is 34.6 Å². The summed E-state index contributed by atoms with van der Waals surface area (Å²) < 4.78 is 11.1. The van der Waals surface area contributed by atoms with Crippen molar-refractivity contribution in [3.63, 3.8) is 0 Å². The van der Waals surface area contributed by atoms with Crippen molar-refractivity contribution >= 4 is 17.2 Å². The highest BCUT2D eigenvalue weighted by atomic mass is 32.1. The highest BCUT2D eigenvalue weighted by Crippen LogP contribution is 2.30. The molecule has 0 fully saturated rings. The van der Waals surface area contributed by atoms with Crippen molar-refractivity contribution in [2.45, 2.75) is 32.9 Å². The Balaban J connectivity index is 1.80. The number of methoxy groups -OCH3 is 1. The number of carbonyl (C=O) groups excluding carboxylic acids is 1. The van der Waals surface area contributed by atoms with E-state index < -0.39 is 0 Å². The van der Waals surface area contributed by atoms with Crippen molar-refractivity contribution in [3.05, 3.63) is 45.6 Å². The molecule has 122 valence electrons. The zero-order valence-corrected chi connectivity index (χ0v) is 14.5. The van der Waals surface area contributed by atoms with Gasteiger partial charge in [-0.05, 0) is 55.5 Å². The van der Waals surface area contributed by atoms with Gasteiger partial charge < -0.3 is 14.4 Å². The minimum atomic E-state index is 0.0382. The van der Waals surface area contributed by atoms with Crippen LogP contribution in [0.2, 0.25) is 0 Å². The molecule has 3 rings (SSSR count). The number of benzene rings is 1. The van der Waals surface area contributed by atoms with Gasteiger partial charge in [-0.1, -0.05) is 0 Å². The van der Waals surface area contributed by atoms with Gasteiger partial charge in [0.15, 0.2) is 11.5 Å². The van der Waals surface area contributed by atoms with E-state index in [0.717, 1.165) is 13.0 Å². The fraction of sp³-hybridized carbons (Fsp3) is 0.389. The number of nitrogens with zero attached hydrogens (tertiary/aromatic N) is 1. The van der Waals surface area contributed by atoms with Crippen molar-refractivity contribution in [2.24, 2.45) is 0 Å². The summed E-state index contributed by atoms with van der Waals surface area (Å²) in [6.45, 7) is 5.37. The average Bonchev–Trinajstić information content (AvgIpc) is 3.01. The van der Waals surface area contributed by atoms with Crippen LogP contribution in [-0.4, -0.2) is 30.6 Å². The maximum absolute atomic E-state index is 12.8. The Morgan fingerprint density at radius 1 is 1.26 bits per heavy atom. The molecule has 0 N–H and O–H groups in total. The zero-order valence-electron chi connectivity index (χ0n) is 13.7. The first-order valence-corrected chi connectivity index (χ1v) is 8.65. The summed E-state index contributed by atoms with van der Waals surface area (Å²) in [5.74, 6) is 1.30. The van der Waals surface area contributed by atoms with Gasteiger partial charge >= 0.3 is 0 Å². The number of fused-ring (bicyclic) bond motifs is 1. The molecule has 2 heterocycles. The second kappa shape index (κ2) is 6.62. The lowest BCUT2D eigenvalue weighted by Crippen LogP contribution is -2.35. The van der Waals surface area contributed by atoms with Gasteiger partial charge in [-0.3, -0.25) is 4.79 Å². The van der Waals surface area contributed by atoms with Gasteiger partial charge in [0, 0.05) is 23.5 Å². The molecule has 1 aliphatic rings. The number of ether oxygens (including phenoxy) is 2. The quantitative estimate of drug-likeness (QED) is 0.856. The van der Waals surface area contributed by atoms with Gasteiger partial charge in [-0.2, -0.15) is 0 Å². The first kappa shape index (κ1) is 15.9. The summed E-state index contributed by atoms with van der Waals surface area (Å²) in [6.07, 6.45) is 0.995. The molecule has 0 unspecified atom stereocenters. The molecular weight excluding hydrogens is 310 g/mol. The fourth-order valence-corrected chi connectivity index (χ4v) is 3.65. The Morgan fingerprint density at radius 3 is 2.83 bits per heavy atom. The Morgan fingerprint density at radius 2 is 2.09 bits per heavy atom. The molecule has 4 nitrogen and oxygen atoms in total. The number of hydrogen-bond donors (Lipinski definition) is 0. The molecule has 0 aliphatic carbocycles. The van der Waals surface area contributed by atoms with E-state index in [-0.39, 0.29) is 12.0 Å². The normalized spacial score (nSPS) is 13.8. The van der Waals surface area contributed by atoms with E-state index in [1.807, 2.05) is 30.9 Å². The van der Waals surface area contributed by atoms with Crippen LogP contribution in [0.5, 0.6) is 11.5 Å². The number of carbonyl (C=O) groups is 1. The fourth-order valence-electron chi connectivity index (χ4n) is 2.76. The van der Waals surface area contributed by atoms with E-state index in [1.54, 1.807) is 24.5 Å². The van der Waals surface area contributed by atoms with Crippen LogP contribution >= 0.6 is 11.3 Å². The summed E-state index contributed by atoms with van der Waals surface area (Å²) >= 11 is 1.77. The molecule has 1 aromatic heterocycles. The summed E-state index contributed by atoms with van der Waals surface area (Å²) in [5.41, 5.74) is 1.90. The average molecular weight is 331 g/mol. The summed E-state index contributed by atoms with van der Waals surface area (Å²) in [7, 11) is 1.59. The van der Waals surface area contributed by atoms with Gasteiger partial charge in [0.05, 0.1) is 13.2 Å². The van der Waals surface area contributed by atoms with Crippen molar-refractivity contribution in [1.29, 1.82) is 0 Å². The molecule has 5 heteroatoms. The standard InChI is InChI=1S/C18H21NO3S/c1-12(2)22-15-5-4-13(10-16(15)21-3)18(20)19-8-6-17-14(11-19)7-9-23-17/h4-5,7,9-10,12H,6,8,11H2,1-3H3. The summed E-state index contributed by atoms with van der Waals surface area (Å²) in [5, 5.41) is 2.10. The topological polar surface area (TPSA) is 38.8 Å². The number of rotatable bonds is 4. The van der Waals surface area contributed by atoms with Crippen LogP contribution in [0.15, 0.2) is 29.6 Å². The van der Waals surface area contributed by atoms with Crippen LogP contribution in [0.3, 0.4) is 0 Å². The van der Waals surface area contributed by atoms with Gasteiger partial charge in [0.25, 0.3) is 5.91 Å². The predicted molar refractivity (Wildman–Crippen MR) is 91.5 cm³/mol. The number of amides is 1. The molecule has 0 bridgehead atoms. The van der Waals surface area contributed by atoms with Crippen LogP contribution in [-0.2, 0) is 13.0 Å². The molecule has 1 aromatic carbocycles. The summed E-state index contributed by atoms with van der Waals surface area (Å²) in [6, 6.07) is 7.50. The second-order valence-electron chi connectivity index (χ2n) is 5.88. The lowest BCUT2D eigenvalue weighted by Gasteiger charge is -2.27. The molecule has 0 atom stereocenters. The van der Waals surface area contributed by atoms with Crippen LogP contribution in [0.25, 0.3) is 0 Å². The Kier molecular flexibility index (Phi) is 4.57. The van der Waals surface area contributed by atoms with Crippen molar-refractivity contribution in [2.75, 3.05) is 13.7 Å². The number of thiophene rings is 1. The third-order valence-corrected chi connectivity index (χ3v) is 4.89. The molecule has 0 saturated heterocycles. The molecule has 1 amide bonds. The molecule has 2 aromatic rings. The van der Waals surface area contributed by atoms with Crippen LogP contribution < -0.4 is 9.47 Å². The molecule has 0 saturated carbocycles. The van der Waals surface area contributed by atoms with E-state index in [1.165, 1.54) is 10.4 Å². The highest BCUT2D eigenvalue weighted by molar-refractivity contribution is 7.10. The van der Waals surface area contributed by atoms with E-state index in [9.17, 15) is 4.79 Å². The largest absolute Gasteiger partial charge is 0.493 e. The Hall–Kier alpha value is -2.01. The lowest BCUT2D eigenvalue weighted by atomic mass is 10.1. The SMILES string of the molecule is COc1cc(C(=O)N2CCc3sccc3C2)ccc1OC(C)C. The van der Waals surface area contributed by atoms with Gasteiger partial charge in [0.2, 0.25) is 0 Å². The minimum absolute atomic E-state index is 0.0382. The molecule has 0 radical (unpaired) electrons. The third-order valence-electron chi connectivity index (χ3n) is 3.87. The molecule has 0 spiro atoms. The van der Waals surface area contributed by atoms with Crippen LogP contribution in [0, 0.1) is 0 Å². The van der Waals surface area contributed by atoms with Gasteiger partial charge in [-0.25, -0.2) is 0 Å². The van der Waals surface area contributed by atoms with E-state index in [2.05, 4.69) is 11.4 Å². The first-order valence-electron chi connectivity index (χ1n) is 7.77. The Labute approximate surface area is 140 Å². The third kappa shape index (κ3) is 3.34. The van der Waals surface area contributed by atoms with Crippen molar-refractivity contribution in [3.8, 4) is 11.5 Å². The second-order valence-corrected chi connectivity index (χ2v) is 6.88. The minimum Gasteiger partial charge on any atom is -0.493 e. The van der Waals surface area contributed by atoms with E-state index in [0.29, 0.717) is 23.6 Å². The van der Waals surface area contributed by atoms with Crippen molar-refractivity contribution in [1.82, 2.24) is 4.90 Å². The van der Waals surface area contributed by atoms with Gasteiger partial charge in [-0.15, -0.1) is 11.3 Å². The monoisotopic (exact) mass is 331 g/mol. The van der Waals surface area contributed by atoms with Crippen LogP contribution in [0.4, 0.5) is 0 Å². The smallest absolute Gasteiger partial charge is 0.254 e. The summed E-state index contributed by atoms with van der Waals surface area (Å²) in [4.78, 5) is 16.1. The molecule has 1 aliphatic heterocycles. The van der Waals surface area contributed by atoms with E-state index in [4.69, 9.17) is 9.47 Å². The lowest BCUT2D eigenvalue weighted by molar-refractivity contribution is 0.0735. The maximum atomic E-state index is 12.8. The van der Waals surface area contributed by atoms with Gasteiger partial charge in [0.1, 0.15) is 0 Å². The van der Waals surface area contributed by atoms with E-state index >= 15 is 0 Å². The number of hydrogen-bond acceptors (Lipinski definition) is 4. The zero-order chi connectivity index (χ0) is 16.4. The predicted octanol–water partition coefficient (Wildman–Crippen LogP) is 3.74. The first-order chi connectivity index (χ1) is 11.1. The molecular formula is C18H21NO3S.